The first kappa shape index (κ1) is 12.0. The second-order valence-corrected chi connectivity index (χ2v) is 5.05. The summed E-state index contributed by atoms with van der Waals surface area (Å²) in [5.74, 6) is 0.239. The maximum Gasteiger partial charge on any atom is 0.227 e. The smallest absolute Gasteiger partial charge is 0.227 e. The Kier molecular flexibility index (Phi) is 3.06. The van der Waals surface area contributed by atoms with Gasteiger partial charge in [-0.05, 0) is 18.9 Å². The summed E-state index contributed by atoms with van der Waals surface area (Å²) in [7, 11) is 1.84. The first-order valence-corrected chi connectivity index (χ1v) is 6.46. The largest absolute Gasteiger partial charge is 0.340 e. The van der Waals surface area contributed by atoms with Crippen LogP contribution >= 0.6 is 0 Å². The third-order valence-electron chi connectivity index (χ3n) is 3.66. The minimum Gasteiger partial charge on any atom is -0.340 e. The third-order valence-corrected chi connectivity index (χ3v) is 3.66. The fraction of sp³-hybridized carbons (Fsp3) is 0.462. The summed E-state index contributed by atoms with van der Waals surface area (Å²) in [6.45, 7) is 1.31. The van der Waals surface area contributed by atoms with Gasteiger partial charge in [-0.25, -0.2) is 4.98 Å². The van der Waals surface area contributed by atoms with Crippen molar-refractivity contribution in [3.05, 3.63) is 36.2 Å². The van der Waals surface area contributed by atoms with Gasteiger partial charge in [0.1, 0.15) is 0 Å². The molecule has 0 saturated heterocycles. The standard InChI is InChI=1S/C13H17N5O/c1-17(8-11-4-5-15-16-11)13(19)10-2-3-12-6-14-9-18(12)7-10/h4-6,9-10H,2-3,7-8H2,1H3,(H,15,16). The summed E-state index contributed by atoms with van der Waals surface area (Å²) in [5, 5.41) is 6.77. The molecule has 2 aromatic heterocycles. The number of hydrogen-bond donors (Lipinski definition) is 1. The molecule has 1 aliphatic heterocycles. The Morgan fingerprint density at radius 1 is 1.63 bits per heavy atom. The van der Waals surface area contributed by atoms with Crippen LogP contribution in [0.1, 0.15) is 17.8 Å². The molecule has 1 aliphatic rings. The first-order valence-electron chi connectivity index (χ1n) is 6.46. The first-order chi connectivity index (χ1) is 9.24. The molecule has 0 bridgehead atoms. The number of aromatic amines is 1. The number of H-pyrrole nitrogens is 1. The molecule has 100 valence electrons. The maximum atomic E-state index is 12.4. The van der Waals surface area contributed by atoms with Gasteiger partial charge in [-0.1, -0.05) is 0 Å². The summed E-state index contributed by atoms with van der Waals surface area (Å²) in [6, 6.07) is 1.89. The highest BCUT2D eigenvalue weighted by atomic mass is 16.2. The Morgan fingerprint density at radius 3 is 3.32 bits per heavy atom. The summed E-state index contributed by atoms with van der Waals surface area (Å²) >= 11 is 0. The Hall–Kier alpha value is -2.11. The van der Waals surface area contributed by atoms with E-state index in [-0.39, 0.29) is 11.8 Å². The number of imidazole rings is 1. The van der Waals surface area contributed by atoms with Crippen molar-refractivity contribution < 1.29 is 4.79 Å². The molecule has 0 saturated carbocycles. The average Bonchev–Trinajstić information content (AvgIpc) is 3.07. The zero-order valence-corrected chi connectivity index (χ0v) is 10.9. The molecule has 1 amide bonds. The van der Waals surface area contributed by atoms with E-state index in [1.54, 1.807) is 11.1 Å². The van der Waals surface area contributed by atoms with E-state index < -0.39 is 0 Å². The van der Waals surface area contributed by atoms with Crippen molar-refractivity contribution in [2.45, 2.75) is 25.9 Å². The highest BCUT2D eigenvalue weighted by Crippen LogP contribution is 2.21. The number of carbonyl (C=O) groups is 1. The van der Waals surface area contributed by atoms with Crippen LogP contribution in [0.15, 0.2) is 24.8 Å². The second-order valence-electron chi connectivity index (χ2n) is 5.05. The van der Waals surface area contributed by atoms with Crippen molar-refractivity contribution in [3.63, 3.8) is 0 Å². The van der Waals surface area contributed by atoms with E-state index in [0.29, 0.717) is 6.54 Å². The molecule has 2 aromatic rings. The Morgan fingerprint density at radius 2 is 2.53 bits per heavy atom. The van der Waals surface area contributed by atoms with Gasteiger partial charge in [0.05, 0.1) is 24.5 Å². The summed E-state index contributed by atoms with van der Waals surface area (Å²) in [6.07, 6.45) is 7.22. The van der Waals surface area contributed by atoms with Crippen molar-refractivity contribution in [1.82, 2.24) is 24.6 Å². The van der Waals surface area contributed by atoms with Gasteiger partial charge in [-0.2, -0.15) is 5.10 Å². The lowest BCUT2D eigenvalue weighted by atomic mass is 9.97. The summed E-state index contributed by atoms with van der Waals surface area (Å²) in [4.78, 5) is 18.3. The molecule has 6 nitrogen and oxygen atoms in total. The minimum absolute atomic E-state index is 0.0506. The van der Waals surface area contributed by atoms with E-state index in [1.807, 2.05) is 25.6 Å². The van der Waals surface area contributed by atoms with Crippen LogP contribution in [0.5, 0.6) is 0 Å². The van der Waals surface area contributed by atoms with Gasteiger partial charge >= 0.3 is 0 Å². The molecule has 6 heteroatoms. The Balaban J connectivity index is 1.65. The molecular weight excluding hydrogens is 242 g/mol. The normalized spacial score (nSPS) is 18.1. The molecule has 0 fully saturated rings. The molecular formula is C13H17N5O. The molecule has 1 atom stereocenters. The number of aryl methyl sites for hydroxylation is 1. The van der Waals surface area contributed by atoms with Crippen LogP contribution in [-0.2, 0) is 24.3 Å². The molecule has 19 heavy (non-hydrogen) atoms. The zero-order valence-electron chi connectivity index (χ0n) is 10.9. The molecule has 0 radical (unpaired) electrons. The zero-order chi connectivity index (χ0) is 13.2. The number of nitrogens with zero attached hydrogens (tertiary/aromatic N) is 4. The lowest BCUT2D eigenvalue weighted by Gasteiger charge is -2.27. The Bertz CT molecular complexity index is 559. The Labute approximate surface area is 111 Å². The van der Waals surface area contributed by atoms with Crippen LogP contribution < -0.4 is 0 Å². The van der Waals surface area contributed by atoms with Crippen molar-refractivity contribution in [1.29, 1.82) is 0 Å². The fourth-order valence-electron chi connectivity index (χ4n) is 2.59. The summed E-state index contributed by atoms with van der Waals surface area (Å²) in [5.41, 5.74) is 2.18. The van der Waals surface area contributed by atoms with Gasteiger partial charge in [0.25, 0.3) is 0 Å². The van der Waals surface area contributed by atoms with Gasteiger partial charge in [0, 0.05) is 31.7 Å². The van der Waals surface area contributed by atoms with E-state index >= 15 is 0 Å². The molecule has 3 rings (SSSR count). The van der Waals surface area contributed by atoms with Crippen molar-refractivity contribution in [2.75, 3.05) is 7.05 Å². The quantitative estimate of drug-likeness (QED) is 0.887. The van der Waals surface area contributed by atoms with E-state index in [0.717, 1.165) is 25.1 Å². The van der Waals surface area contributed by atoms with Gasteiger partial charge in [0.2, 0.25) is 5.91 Å². The lowest BCUT2D eigenvalue weighted by Crippen LogP contribution is -2.37. The molecule has 1 N–H and O–H groups in total. The van der Waals surface area contributed by atoms with E-state index in [4.69, 9.17) is 0 Å². The highest BCUT2D eigenvalue weighted by Gasteiger charge is 2.26. The monoisotopic (exact) mass is 259 g/mol. The maximum absolute atomic E-state index is 12.4. The predicted octanol–water partition coefficient (Wildman–Crippen LogP) is 0.827. The number of carbonyl (C=O) groups excluding carboxylic acids is 1. The predicted molar refractivity (Wildman–Crippen MR) is 69.1 cm³/mol. The number of fused-ring (bicyclic) bond motifs is 1. The molecule has 1 unspecified atom stereocenters. The number of hydrogen-bond acceptors (Lipinski definition) is 3. The minimum atomic E-state index is 0.0506. The van der Waals surface area contributed by atoms with E-state index in [9.17, 15) is 4.79 Å². The van der Waals surface area contributed by atoms with Gasteiger partial charge in [-0.3, -0.25) is 9.89 Å². The topological polar surface area (TPSA) is 66.8 Å². The van der Waals surface area contributed by atoms with Gasteiger partial charge < -0.3 is 9.47 Å². The van der Waals surface area contributed by atoms with Crippen LogP contribution in [0, 0.1) is 5.92 Å². The van der Waals surface area contributed by atoms with Gasteiger partial charge in [0.15, 0.2) is 0 Å². The fourth-order valence-corrected chi connectivity index (χ4v) is 2.59. The SMILES string of the molecule is CN(Cc1ccn[nH]1)C(=O)C1CCc2cncn2C1. The summed E-state index contributed by atoms with van der Waals surface area (Å²) < 4.78 is 2.08. The second kappa shape index (κ2) is 4.87. The number of amides is 1. The third kappa shape index (κ3) is 2.38. The van der Waals surface area contributed by atoms with Crippen LogP contribution in [0.4, 0.5) is 0 Å². The van der Waals surface area contributed by atoms with Crippen LogP contribution in [0.2, 0.25) is 0 Å². The number of rotatable bonds is 3. The highest BCUT2D eigenvalue weighted by molar-refractivity contribution is 5.78. The lowest BCUT2D eigenvalue weighted by molar-refractivity contribution is -0.135. The van der Waals surface area contributed by atoms with Crippen LogP contribution in [0.3, 0.4) is 0 Å². The van der Waals surface area contributed by atoms with Crippen molar-refractivity contribution in [3.8, 4) is 0 Å². The van der Waals surface area contributed by atoms with Crippen molar-refractivity contribution in [2.24, 2.45) is 5.92 Å². The number of nitrogens with one attached hydrogen (secondary N) is 1. The molecule has 0 aliphatic carbocycles. The molecule has 3 heterocycles. The molecule has 0 aromatic carbocycles. The molecule has 0 spiro atoms. The van der Waals surface area contributed by atoms with Crippen molar-refractivity contribution >= 4 is 5.91 Å². The number of aromatic nitrogens is 4. The average molecular weight is 259 g/mol. The van der Waals surface area contributed by atoms with E-state index in [1.165, 1.54) is 5.69 Å². The van der Waals surface area contributed by atoms with E-state index in [2.05, 4.69) is 19.7 Å². The van der Waals surface area contributed by atoms with Crippen LogP contribution in [0.25, 0.3) is 0 Å². The van der Waals surface area contributed by atoms with Gasteiger partial charge in [-0.15, -0.1) is 0 Å². The van der Waals surface area contributed by atoms with Crippen LogP contribution in [-0.4, -0.2) is 37.6 Å².